The summed E-state index contributed by atoms with van der Waals surface area (Å²) in [7, 11) is 0. The summed E-state index contributed by atoms with van der Waals surface area (Å²) < 4.78 is 0. The van der Waals surface area contributed by atoms with Crippen molar-refractivity contribution in [2.75, 3.05) is 13.1 Å². The Bertz CT molecular complexity index is 411. The van der Waals surface area contributed by atoms with Crippen LogP contribution in [0.1, 0.15) is 37.7 Å². The van der Waals surface area contributed by atoms with Gasteiger partial charge < -0.3 is 5.32 Å². The topological polar surface area (TPSA) is 45.2 Å². The monoisotopic (exact) mass is 247 g/mol. The maximum atomic E-state index is 12.0. The third-order valence-electron chi connectivity index (χ3n) is 3.37. The molecule has 1 atom stereocenters. The molecule has 1 amide bonds. The van der Waals surface area contributed by atoms with Gasteiger partial charge in [0.2, 0.25) is 0 Å². The molecule has 1 N–H and O–H groups in total. The Morgan fingerprint density at radius 1 is 1.44 bits per heavy atom. The van der Waals surface area contributed by atoms with E-state index in [-0.39, 0.29) is 17.5 Å². The van der Waals surface area contributed by atoms with Gasteiger partial charge in [-0.15, -0.1) is 0 Å². The summed E-state index contributed by atoms with van der Waals surface area (Å²) in [5.41, 5.74) is 0.663. The number of likely N-dealkylation sites (tertiary alicyclic amines) is 1. The zero-order valence-corrected chi connectivity index (χ0v) is 11.3. The molecular weight excluding hydrogens is 226 g/mol. The molecule has 0 spiro atoms. The zero-order chi connectivity index (χ0) is 13.2. The lowest BCUT2D eigenvalue weighted by Gasteiger charge is -2.31. The first-order valence-electron chi connectivity index (χ1n) is 6.44. The molecule has 0 aromatic carbocycles. The first kappa shape index (κ1) is 13.0. The lowest BCUT2D eigenvalue weighted by atomic mass is 10.1. The van der Waals surface area contributed by atoms with Gasteiger partial charge in [-0.05, 0) is 39.3 Å². The summed E-state index contributed by atoms with van der Waals surface area (Å²) in [5, 5.41) is 3.05. The van der Waals surface area contributed by atoms with Crippen molar-refractivity contribution >= 4 is 5.91 Å². The second-order valence-electron chi connectivity index (χ2n) is 5.79. The van der Waals surface area contributed by atoms with Gasteiger partial charge in [0.15, 0.2) is 0 Å². The molecule has 1 unspecified atom stereocenters. The summed E-state index contributed by atoms with van der Waals surface area (Å²) in [6.45, 7) is 8.57. The summed E-state index contributed by atoms with van der Waals surface area (Å²) in [4.78, 5) is 18.4. The highest BCUT2D eigenvalue weighted by Gasteiger charge is 2.31. The van der Waals surface area contributed by atoms with E-state index in [1.165, 1.54) is 0 Å². The Morgan fingerprint density at radius 2 is 2.22 bits per heavy atom. The standard InChI is InChI=1S/C14H21N3O/c1-14(2,3)17-9-7-11(10-17)16-13(18)12-6-4-5-8-15-12/h4-6,8,11H,7,9-10H2,1-3H3,(H,16,18). The van der Waals surface area contributed by atoms with Crippen LogP contribution in [-0.4, -0.2) is 40.5 Å². The van der Waals surface area contributed by atoms with Crippen molar-refractivity contribution in [1.29, 1.82) is 0 Å². The highest BCUT2D eigenvalue weighted by molar-refractivity contribution is 5.92. The van der Waals surface area contributed by atoms with Crippen molar-refractivity contribution < 1.29 is 4.79 Å². The fraction of sp³-hybridized carbons (Fsp3) is 0.571. The third kappa shape index (κ3) is 3.07. The number of pyridine rings is 1. The Balaban J connectivity index is 1.91. The van der Waals surface area contributed by atoms with Crippen molar-refractivity contribution in [2.24, 2.45) is 0 Å². The van der Waals surface area contributed by atoms with Gasteiger partial charge in [0, 0.05) is 30.9 Å². The van der Waals surface area contributed by atoms with Crippen molar-refractivity contribution in [2.45, 2.75) is 38.8 Å². The summed E-state index contributed by atoms with van der Waals surface area (Å²) in [5.74, 6) is -0.0728. The van der Waals surface area contributed by atoms with Gasteiger partial charge in [-0.25, -0.2) is 0 Å². The maximum absolute atomic E-state index is 12.0. The molecule has 0 saturated carbocycles. The molecule has 2 rings (SSSR count). The summed E-state index contributed by atoms with van der Waals surface area (Å²) in [6, 6.07) is 5.62. The van der Waals surface area contributed by atoms with E-state index in [0.29, 0.717) is 5.69 Å². The molecule has 2 heterocycles. The van der Waals surface area contributed by atoms with E-state index in [0.717, 1.165) is 19.5 Å². The van der Waals surface area contributed by atoms with Crippen LogP contribution in [-0.2, 0) is 0 Å². The molecule has 98 valence electrons. The number of hydrogen-bond acceptors (Lipinski definition) is 3. The van der Waals surface area contributed by atoms with E-state index in [2.05, 4.69) is 36.0 Å². The van der Waals surface area contributed by atoms with Gasteiger partial charge in [0.25, 0.3) is 5.91 Å². The Hall–Kier alpha value is -1.42. The molecular formula is C14H21N3O. The quantitative estimate of drug-likeness (QED) is 0.865. The van der Waals surface area contributed by atoms with Crippen molar-refractivity contribution in [3.05, 3.63) is 30.1 Å². The number of amides is 1. The van der Waals surface area contributed by atoms with Crippen molar-refractivity contribution in [3.8, 4) is 0 Å². The second-order valence-corrected chi connectivity index (χ2v) is 5.79. The zero-order valence-electron chi connectivity index (χ0n) is 11.3. The number of aromatic nitrogens is 1. The lowest BCUT2D eigenvalue weighted by molar-refractivity contribution is 0.0927. The number of hydrogen-bond donors (Lipinski definition) is 1. The van der Waals surface area contributed by atoms with Gasteiger partial charge in [0.1, 0.15) is 5.69 Å². The van der Waals surface area contributed by atoms with E-state index in [9.17, 15) is 4.79 Å². The fourth-order valence-corrected chi connectivity index (χ4v) is 2.24. The SMILES string of the molecule is CC(C)(C)N1CCC(NC(=O)c2ccccn2)C1. The molecule has 4 heteroatoms. The minimum atomic E-state index is -0.0728. The molecule has 1 aromatic rings. The number of carbonyl (C=O) groups excluding carboxylic acids is 1. The summed E-state index contributed by atoms with van der Waals surface area (Å²) in [6.07, 6.45) is 2.65. The van der Waals surface area contributed by atoms with Crippen molar-refractivity contribution in [1.82, 2.24) is 15.2 Å². The minimum Gasteiger partial charge on any atom is -0.347 e. The molecule has 1 aliphatic heterocycles. The maximum Gasteiger partial charge on any atom is 0.270 e. The molecule has 0 aliphatic carbocycles. The lowest BCUT2D eigenvalue weighted by Crippen LogP contribution is -2.43. The Morgan fingerprint density at radius 3 is 2.78 bits per heavy atom. The average molecular weight is 247 g/mol. The minimum absolute atomic E-state index is 0.0728. The highest BCUT2D eigenvalue weighted by atomic mass is 16.1. The van der Waals surface area contributed by atoms with Crippen LogP contribution >= 0.6 is 0 Å². The first-order valence-corrected chi connectivity index (χ1v) is 6.44. The van der Waals surface area contributed by atoms with Crippen LogP contribution in [0.3, 0.4) is 0 Å². The predicted octanol–water partition coefficient (Wildman–Crippen LogP) is 1.68. The van der Waals surface area contributed by atoms with Crippen LogP contribution in [0, 0.1) is 0 Å². The van der Waals surface area contributed by atoms with Gasteiger partial charge in [0.05, 0.1) is 0 Å². The van der Waals surface area contributed by atoms with Crippen LogP contribution < -0.4 is 5.32 Å². The van der Waals surface area contributed by atoms with Crippen LogP contribution in [0.25, 0.3) is 0 Å². The second kappa shape index (κ2) is 5.06. The molecule has 1 saturated heterocycles. The molecule has 1 aliphatic rings. The van der Waals surface area contributed by atoms with E-state index < -0.39 is 0 Å². The average Bonchev–Trinajstić information content (AvgIpc) is 2.78. The highest BCUT2D eigenvalue weighted by Crippen LogP contribution is 2.20. The van der Waals surface area contributed by atoms with E-state index >= 15 is 0 Å². The molecule has 0 bridgehead atoms. The number of carbonyl (C=O) groups is 1. The number of nitrogens with one attached hydrogen (secondary N) is 1. The Labute approximate surface area is 108 Å². The molecule has 1 fully saturated rings. The number of nitrogens with zero attached hydrogens (tertiary/aromatic N) is 2. The molecule has 4 nitrogen and oxygen atoms in total. The first-order chi connectivity index (χ1) is 8.47. The van der Waals surface area contributed by atoms with Crippen LogP contribution in [0.5, 0.6) is 0 Å². The summed E-state index contributed by atoms with van der Waals surface area (Å²) >= 11 is 0. The van der Waals surface area contributed by atoms with E-state index in [1.54, 1.807) is 12.3 Å². The van der Waals surface area contributed by atoms with Gasteiger partial charge in [-0.1, -0.05) is 6.07 Å². The normalized spacial score (nSPS) is 20.9. The number of rotatable bonds is 2. The van der Waals surface area contributed by atoms with E-state index in [4.69, 9.17) is 0 Å². The van der Waals surface area contributed by atoms with Crippen LogP contribution in [0.15, 0.2) is 24.4 Å². The third-order valence-corrected chi connectivity index (χ3v) is 3.37. The van der Waals surface area contributed by atoms with Crippen LogP contribution in [0.2, 0.25) is 0 Å². The van der Waals surface area contributed by atoms with Crippen molar-refractivity contribution in [3.63, 3.8) is 0 Å². The smallest absolute Gasteiger partial charge is 0.270 e. The Kier molecular flexibility index (Phi) is 3.66. The predicted molar refractivity (Wildman–Crippen MR) is 71.4 cm³/mol. The molecule has 0 radical (unpaired) electrons. The van der Waals surface area contributed by atoms with Gasteiger partial charge in [-0.3, -0.25) is 14.7 Å². The molecule has 18 heavy (non-hydrogen) atoms. The molecule has 1 aromatic heterocycles. The largest absolute Gasteiger partial charge is 0.347 e. The van der Waals surface area contributed by atoms with Gasteiger partial charge >= 0.3 is 0 Å². The van der Waals surface area contributed by atoms with Gasteiger partial charge in [-0.2, -0.15) is 0 Å². The van der Waals surface area contributed by atoms with Crippen LogP contribution in [0.4, 0.5) is 0 Å². The van der Waals surface area contributed by atoms with E-state index in [1.807, 2.05) is 12.1 Å². The fourth-order valence-electron chi connectivity index (χ4n) is 2.24.